The van der Waals surface area contributed by atoms with E-state index in [0.717, 1.165) is 18.4 Å². The van der Waals surface area contributed by atoms with Gasteiger partial charge in [-0.1, -0.05) is 82.8 Å². The molecule has 2 nitrogen and oxygen atoms in total. The van der Waals surface area contributed by atoms with Gasteiger partial charge in [0.25, 0.3) is 0 Å². The summed E-state index contributed by atoms with van der Waals surface area (Å²) in [5, 5.41) is 0. The SMILES string of the molecule is C=C/C(=C\C)CCCCCCCCCC/C=C(\CC(C)C)C(=O)OC. The van der Waals surface area contributed by atoms with Crippen LogP contribution in [0.2, 0.25) is 0 Å². The Morgan fingerprint density at radius 3 is 2.04 bits per heavy atom. The summed E-state index contributed by atoms with van der Waals surface area (Å²) in [7, 11) is 1.47. The van der Waals surface area contributed by atoms with Gasteiger partial charge in [0.05, 0.1) is 7.11 Å². The van der Waals surface area contributed by atoms with E-state index < -0.39 is 0 Å². The summed E-state index contributed by atoms with van der Waals surface area (Å²) < 4.78 is 4.87. The molecule has 0 bridgehead atoms. The highest BCUT2D eigenvalue weighted by atomic mass is 16.5. The fraction of sp³-hybridized carbons (Fsp3) is 0.696. The van der Waals surface area contributed by atoms with Crippen molar-refractivity contribution in [3.63, 3.8) is 0 Å². The van der Waals surface area contributed by atoms with Crippen molar-refractivity contribution in [1.82, 2.24) is 0 Å². The second-order valence-electron chi connectivity index (χ2n) is 7.25. The Labute approximate surface area is 156 Å². The largest absolute Gasteiger partial charge is 0.466 e. The van der Waals surface area contributed by atoms with E-state index in [0.29, 0.717) is 5.92 Å². The molecule has 0 fully saturated rings. The Bertz CT molecular complexity index is 416. The summed E-state index contributed by atoms with van der Waals surface area (Å²) in [6.07, 6.45) is 19.5. The lowest BCUT2D eigenvalue weighted by molar-refractivity contribution is -0.136. The zero-order valence-corrected chi connectivity index (χ0v) is 17.1. The van der Waals surface area contributed by atoms with E-state index in [9.17, 15) is 4.79 Å². The third-order valence-electron chi connectivity index (χ3n) is 4.52. The van der Waals surface area contributed by atoms with Gasteiger partial charge in [-0.05, 0) is 44.9 Å². The highest BCUT2D eigenvalue weighted by Crippen LogP contribution is 2.16. The van der Waals surface area contributed by atoms with Gasteiger partial charge in [0.1, 0.15) is 0 Å². The van der Waals surface area contributed by atoms with Crippen LogP contribution in [0, 0.1) is 5.92 Å². The lowest BCUT2D eigenvalue weighted by Gasteiger charge is -2.08. The van der Waals surface area contributed by atoms with Crippen molar-refractivity contribution in [2.24, 2.45) is 5.92 Å². The van der Waals surface area contributed by atoms with Crippen LogP contribution in [0.25, 0.3) is 0 Å². The molecule has 0 atom stereocenters. The molecule has 25 heavy (non-hydrogen) atoms. The van der Waals surface area contributed by atoms with Crippen molar-refractivity contribution in [2.75, 3.05) is 7.11 Å². The molecule has 0 rings (SSSR count). The van der Waals surface area contributed by atoms with Crippen LogP contribution in [0.4, 0.5) is 0 Å². The first-order valence-corrected chi connectivity index (χ1v) is 10.1. The summed E-state index contributed by atoms with van der Waals surface area (Å²) in [6, 6.07) is 0. The van der Waals surface area contributed by atoms with E-state index in [1.807, 2.05) is 6.08 Å². The van der Waals surface area contributed by atoms with Crippen LogP contribution in [-0.4, -0.2) is 13.1 Å². The Morgan fingerprint density at radius 2 is 1.56 bits per heavy atom. The van der Waals surface area contributed by atoms with Crippen LogP contribution in [0.5, 0.6) is 0 Å². The molecule has 0 radical (unpaired) electrons. The first-order chi connectivity index (χ1) is 12.0. The standard InChI is InChI=1S/C23H40O2/c1-6-21(7-2)17-15-13-11-9-8-10-12-14-16-18-22(19-20(3)4)23(24)25-5/h6-7,18,20H,1,8-17,19H2,2-5H3/b21-7+,22-18+. The van der Waals surface area contributed by atoms with Gasteiger partial charge < -0.3 is 4.74 Å². The van der Waals surface area contributed by atoms with E-state index in [1.54, 1.807) is 0 Å². The summed E-state index contributed by atoms with van der Waals surface area (Å²) in [6.45, 7) is 10.2. The zero-order chi connectivity index (χ0) is 18.9. The molecule has 0 saturated carbocycles. The molecule has 0 aromatic carbocycles. The van der Waals surface area contributed by atoms with Gasteiger partial charge in [-0.15, -0.1) is 0 Å². The Balaban J connectivity index is 3.66. The van der Waals surface area contributed by atoms with Crippen molar-refractivity contribution in [2.45, 2.75) is 91.4 Å². The van der Waals surface area contributed by atoms with Crippen molar-refractivity contribution >= 4 is 5.97 Å². The lowest BCUT2D eigenvalue weighted by atomic mass is 10.0. The molecule has 0 aromatic heterocycles. The molecular weight excluding hydrogens is 308 g/mol. The fourth-order valence-corrected chi connectivity index (χ4v) is 3.00. The van der Waals surface area contributed by atoms with E-state index in [2.05, 4.69) is 39.5 Å². The maximum atomic E-state index is 11.7. The lowest BCUT2D eigenvalue weighted by Crippen LogP contribution is -2.07. The minimum Gasteiger partial charge on any atom is -0.466 e. The maximum absolute atomic E-state index is 11.7. The molecule has 0 spiro atoms. The van der Waals surface area contributed by atoms with Crippen LogP contribution >= 0.6 is 0 Å². The van der Waals surface area contributed by atoms with Crippen LogP contribution in [-0.2, 0) is 9.53 Å². The summed E-state index contributed by atoms with van der Waals surface area (Å²) in [4.78, 5) is 11.7. The van der Waals surface area contributed by atoms with Crippen LogP contribution in [0.1, 0.15) is 91.4 Å². The molecule has 0 aliphatic carbocycles. The highest BCUT2D eigenvalue weighted by Gasteiger charge is 2.10. The number of ether oxygens (including phenoxy) is 1. The molecule has 144 valence electrons. The first kappa shape index (κ1) is 23.7. The number of esters is 1. The molecule has 0 unspecified atom stereocenters. The first-order valence-electron chi connectivity index (χ1n) is 10.1. The van der Waals surface area contributed by atoms with Gasteiger partial charge in [-0.2, -0.15) is 0 Å². The van der Waals surface area contributed by atoms with Gasteiger partial charge in [0.15, 0.2) is 0 Å². The number of methoxy groups -OCH3 is 1. The number of rotatable bonds is 15. The van der Waals surface area contributed by atoms with E-state index >= 15 is 0 Å². The molecule has 0 aliphatic heterocycles. The Morgan fingerprint density at radius 1 is 1.00 bits per heavy atom. The van der Waals surface area contributed by atoms with Crippen molar-refractivity contribution < 1.29 is 9.53 Å². The molecule has 0 aliphatic rings. The second-order valence-corrected chi connectivity index (χ2v) is 7.25. The predicted octanol–water partition coefficient (Wildman–Crippen LogP) is 7.17. The minimum absolute atomic E-state index is 0.161. The Kier molecular flexibility index (Phi) is 15.3. The van der Waals surface area contributed by atoms with Crippen LogP contribution in [0.15, 0.2) is 36.0 Å². The molecule has 0 saturated heterocycles. The fourth-order valence-electron chi connectivity index (χ4n) is 3.00. The number of allylic oxidation sites excluding steroid dienone is 4. The van der Waals surface area contributed by atoms with E-state index in [1.165, 1.54) is 70.5 Å². The number of carbonyl (C=O) groups excluding carboxylic acids is 1. The quantitative estimate of drug-likeness (QED) is 0.136. The molecule has 0 N–H and O–H groups in total. The van der Waals surface area contributed by atoms with Gasteiger partial charge in [0, 0.05) is 5.57 Å². The summed E-state index contributed by atoms with van der Waals surface area (Å²) in [5.41, 5.74) is 2.22. The van der Waals surface area contributed by atoms with E-state index in [-0.39, 0.29) is 5.97 Å². The van der Waals surface area contributed by atoms with Gasteiger partial charge >= 0.3 is 5.97 Å². The normalized spacial score (nSPS) is 12.5. The van der Waals surface area contributed by atoms with Crippen molar-refractivity contribution in [1.29, 1.82) is 0 Å². The predicted molar refractivity (Wildman–Crippen MR) is 110 cm³/mol. The van der Waals surface area contributed by atoms with E-state index in [4.69, 9.17) is 4.74 Å². The average Bonchev–Trinajstić information content (AvgIpc) is 2.60. The third kappa shape index (κ3) is 13.6. The van der Waals surface area contributed by atoms with Crippen molar-refractivity contribution in [3.05, 3.63) is 36.0 Å². The van der Waals surface area contributed by atoms with Crippen LogP contribution < -0.4 is 0 Å². The molecule has 2 heteroatoms. The molecular formula is C23H40O2. The van der Waals surface area contributed by atoms with Crippen LogP contribution in [0.3, 0.4) is 0 Å². The van der Waals surface area contributed by atoms with Gasteiger partial charge in [0.2, 0.25) is 0 Å². The smallest absolute Gasteiger partial charge is 0.333 e. The monoisotopic (exact) mass is 348 g/mol. The number of hydrogen-bond acceptors (Lipinski definition) is 2. The summed E-state index contributed by atoms with van der Waals surface area (Å²) >= 11 is 0. The molecule has 0 heterocycles. The van der Waals surface area contributed by atoms with Crippen molar-refractivity contribution in [3.8, 4) is 0 Å². The average molecular weight is 349 g/mol. The maximum Gasteiger partial charge on any atom is 0.333 e. The molecule has 0 amide bonds. The molecule has 0 aromatic rings. The Hall–Kier alpha value is -1.31. The number of hydrogen-bond donors (Lipinski definition) is 0. The number of unbranched alkanes of at least 4 members (excludes halogenated alkanes) is 8. The highest BCUT2D eigenvalue weighted by molar-refractivity contribution is 5.88. The number of carbonyl (C=O) groups is 1. The van der Waals surface area contributed by atoms with Gasteiger partial charge in [-0.3, -0.25) is 0 Å². The van der Waals surface area contributed by atoms with Gasteiger partial charge in [-0.25, -0.2) is 4.79 Å². The minimum atomic E-state index is -0.161. The second kappa shape index (κ2) is 16.2. The zero-order valence-electron chi connectivity index (χ0n) is 17.1. The third-order valence-corrected chi connectivity index (χ3v) is 4.52. The summed E-state index contributed by atoms with van der Waals surface area (Å²) in [5.74, 6) is 0.326. The topological polar surface area (TPSA) is 26.3 Å².